The van der Waals surface area contributed by atoms with Gasteiger partial charge in [-0.15, -0.1) is 0 Å². The predicted octanol–water partition coefficient (Wildman–Crippen LogP) is 5.67. The molecule has 2 aliphatic carbocycles. The molecule has 6 rings (SSSR count). The van der Waals surface area contributed by atoms with E-state index in [2.05, 4.69) is 54.6 Å². The van der Waals surface area contributed by atoms with Gasteiger partial charge in [0.25, 0.3) is 0 Å². The number of benzene rings is 1. The molecule has 2 N–H and O–H groups in total. The molecule has 0 spiro atoms. The second-order valence-corrected chi connectivity index (χ2v) is 13.3. The lowest BCUT2D eigenvalue weighted by Gasteiger charge is -2.44. The third-order valence-electron chi connectivity index (χ3n) is 9.09. The lowest BCUT2D eigenvalue weighted by atomic mass is 9.89. The van der Waals surface area contributed by atoms with Gasteiger partial charge in [-0.3, -0.25) is 19.7 Å². The quantitative estimate of drug-likeness (QED) is 0.354. The van der Waals surface area contributed by atoms with E-state index in [-0.39, 0.29) is 18.0 Å². The van der Waals surface area contributed by atoms with Gasteiger partial charge in [-0.1, -0.05) is 43.0 Å². The zero-order valence-electron chi connectivity index (χ0n) is 24.3. The van der Waals surface area contributed by atoms with Crippen LogP contribution in [0.15, 0.2) is 59.5 Å². The van der Waals surface area contributed by atoms with Gasteiger partial charge in [0.2, 0.25) is 5.91 Å². The summed E-state index contributed by atoms with van der Waals surface area (Å²) >= 11 is 10.0. The number of aromatic nitrogens is 2. The third-order valence-corrected chi connectivity index (χ3v) is 9.76. The lowest BCUT2D eigenvalue weighted by Crippen LogP contribution is -2.63. The van der Waals surface area contributed by atoms with Gasteiger partial charge in [0, 0.05) is 60.8 Å². The van der Waals surface area contributed by atoms with Crippen LogP contribution in [0.5, 0.6) is 0 Å². The largest absolute Gasteiger partial charge is 0.350 e. The fourth-order valence-corrected chi connectivity index (χ4v) is 7.40. The number of urea groups is 1. The Hall–Kier alpha value is -3.01. The van der Waals surface area contributed by atoms with Crippen LogP contribution in [0, 0.1) is 5.92 Å². The van der Waals surface area contributed by atoms with Crippen molar-refractivity contribution < 1.29 is 9.59 Å². The Morgan fingerprint density at radius 2 is 1.84 bits per heavy atom. The number of fused-ring (bicyclic) bond motifs is 2. The fraction of sp³-hybridized carbons (Fsp3) is 0.455. The Bertz CT molecular complexity index is 1400. The number of carbonyl (C=O) groups is 2. The summed E-state index contributed by atoms with van der Waals surface area (Å²) in [5.41, 5.74) is 5.43. The van der Waals surface area contributed by atoms with Gasteiger partial charge in [0.05, 0.1) is 11.7 Å². The van der Waals surface area contributed by atoms with Crippen molar-refractivity contribution in [1.29, 1.82) is 0 Å². The molecule has 0 radical (unpaired) electrons. The number of piperazine rings is 1. The van der Waals surface area contributed by atoms with Crippen molar-refractivity contribution in [3.05, 3.63) is 92.4 Å². The fourth-order valence-electron chi connectivity index (χ4n) is 6.82. The minimum atomic E-state index is -0.658. The van der Waals surface area contributed by atoms with E-state index in [1.807, 2.05) is 24.4 Å². The standard InChI is InChI=1S/C33H38BrClN6O2/c34-26-15-25-9-8-24-16-27(35)10-11-28(24)31(30(25)37-20-26)40-13-14-41(33(43)39-18-22-5-2-1-3-6-22)29(21-40)32(42)38-19-23-7-4-12-36-17-23/h4,7,10-12,15-17,20,22,29,31H,1-3,5-6,8-9,13-14,18-19,21H2,(H,38,42)(H,39,43)/t29-,31?/m1/s1. The molecule has 1 unspecified atom stereocenters. The van der Waals surface area contributed by atoms with E-state index in [9.17, 15) is 9.59 Å². The molecule has 3 heterocycles. The topological polar surface area (TPSA) is 90.5 Å². The van der Waals surface area contributed by atoms with Gasteiger partial charge < -0.3 is 15.5 Å². The Morgan fingerprint density at radius 1 is 1.00 bits per heavy atom. The normalized spacial score (nSPS) is 20.9. The van der Waals surface area contributed by atoms with Gasteiger partial charge in [-0.25, -0.2) is 4.79 Å². The van der Waals surface area contributed by atoms with Gasteiger partial charge in [0.15, 0.2) is 0 Å². The monoisotopic (exact) mass is 664 g/mol. The maximum atomic E-state index is 13.8. The summed E-state index contributed by atoms with van der Waals surface area (Å²) in [5, 5.41) is 6.97. The molecule has 1 saturated carbocycles. The molecule has 1 aliphatic heterocycles. The van der Waals surface area contributed by atoms with Crippen LogP contribution in [0.1, 0.15) is 66.1 Å². The van der Waals surface area contributed by atoms with Crippen LogP contribution in [0.4, 0.5) is 4.79 Å². The van der Waals surface area contributed by atoms with Crippen LogP contribution in [0.2, 0.25) is 5.02 Å². The second-order valence-electron chi connectivity index (χ2n) is 11.9. The van der Waals surface area contributed by atoms with E-state index in [0.29, 0.717) is 43.7 Å². The number of hydrogen-bond acceptors (Lipinski definition) is 5. The molecule has 0 bridgehead atoms. The molecule has 8 nitrogen and oxygen atoms in total. The van der Waals surface area contributed by atoms with Crippen molar-refractivity contribution in [3.8, 4) is 0 Å². The first-order valence-electron chi connectivity index (χ1n) is 15.3. The van der Waals surface area contributed by atoms with E-state index in [1.54, 1.807) is 17.3 Å². The summed E-state index contributed by atoms with van der Waals surface area (Å²) in [7, 11) is 0. The van der Waals surface area contributed by atoms with E-state index in [1.165, 1.54) is 30.4 Å². The summed E-state index contributed by atoms with van der Waals surface area (Å²) in [6.45, 7) is 2.45. The molecule has 43 heavy (non-hydrogen) atoms. The summed E-state index contributed by atoms with van der Waals surface area (Å²) in [5.74, 6) is 0.336. The highest BCUT2D eigenvalue weighted by Gasteiger charge is 2.40. The van der Waals surface area contributed by atoms with Crippen LogP contribution >= 0.6 is 27.5 Å². The Kier molecular flexibility index (Phi) is 9.60. The first-order valence-corrected chi connectivity index (χ1v) is 16.5. The van der Waals surface area contributed by atoms with Crippen molar-refractivity contribution in [2.75, 3.05) is 26.2 Å². The number of aryl methyl sites for hydroxylation is 2. The Balaban J connectivity index is 1.28. The zero-order valence-corrected chi connectivity index (χ0v) is 26.6. The Morgan fingerprint density at radius 3 is 2.65 bits per heavy atom. The number of hydrogen-bond donors (Lipinski definition) is 2. The molecule has 1 aromatic carbocycles. The molecular formula is C33H38BrClN6O2. The average molecular weight is 666 g/mol. The van der Waals surface area contributed by atoms with E-state index in [4.69, 9.17) is 16.6 Å². The summed E-state index contributed by atoms with van der Waals surface area (Å²) in [6, 6.07) is 11.0. The lowest BCUT2D eigenvalue weighted by molar-refractivity contribution is -0.128. The SMILES string of the molecule is O=C(NCc1cccnc1)[C@H]1CN(C2c3ccc(Cl)cc3CCc3cc(Br)cnc32)CCN1C(=O)NCC1CCCCC1. The highest BCUT2D eigenvalue weighted by Crippen LogP contribution is 2.38. The van der Waals surface area contributed by atoms with Gasteiger partial charge in [-0.05, 0) is 94.1 Å². The predicted molar refractivity (Wildman–Crippen MR) is 171 cm³/mol. The van der Waals surface area contributed by atoms with Gasteiger partial charge >= 0.3 is 6.03 Å². The van der Waals surface area contributed by atoms with Crippen molar-refractivity contribution in [3.63, 3.8) is 0 Å². The third kappa shape index (κ3) is 7.05. The molecule has 2 atom stereocenters. The number of carbonyl (C=O) groups excluding carboxylic acids is 2. The van der Waals surface area contributed by atoms with Crippen molar-refractivity contribution in [2.45, 2.75) is 63.6 Å². The zero-order chi connectivity index (χ0) is 29.8. The molecule has 10 heteroatoms. The number of pyridine rings is 2. The summed E-state index contributed by atoms with van der Waals surface area (Å²) in [4.78, 5) is 40.6. The number of halogens is 2. The van der Waals surface area contributed by atoms with Crippen LogP contribution in [0.3, 0.4) is 0 Å². The van der Waals surface area contributed by atoms with Crippen molar-refractivity contribution in [1.82, 2.24) is 30.4 Å². The number of nitrogens with one attached hydrogen (secondary N) is 2. The number of nitrogens with zero attached hydrogens (tertiary/aromatic N) is 4. The molecule has 3 aromatic rings. The molecule has 2 fully saturated rings. The van der Waals surface area contributed by atoms with Gasteiger partial charge in [0.1, 0.15) is 6.04 Å². The first-order chi connectivity index (χ1) is 21.0. The minimum Gasteiger partial charge on any atom is -0.350 e. The number of rotatable bonds is 6. The van der Waals surface area contributed by atoms with E-state index in [0.717, 1.165) is 47.0 Å². The van der Waals surface area contributed by atoms with Crippen LogP contribution in [-0.4, -0.2) is 63.9 Å². The highest BCUT2D eigenvalue weighted by molar-refractivity contribution is 9.10. The van der Waals surface area contributed by atoms with Gasteiger partial charge in [-0.2, -0.15) is 0 Å². The van der Waals surface area contributed by atoms with Crippen LogP contribution in [-0.2, 0) is 24.2 Å². The van der Waals surface area contributed by atoms with Crippen molar-refractivity contribution in [2.24, 2.45) is 5.92 Å². The molecule has 3 amide bonds. The molecular weight excluding hydrogens is 628 g/mol. The minimum absolute atomic E-state index is 0.154. The summed E-state index contributed by atoms with van der Waals surface area (Å²) < 4.78 is 0.945. The molecule has 226 valence electrons. The summed E-state index contributed by atoms with van der Waals surface area (Å²) in [6.07, 6.45) is 13.0. The maximum Gasteiger partial charge on any atom is 0.318 e. The first kappa shape index (κ1) is 30.0. The van der Waals surface area contributed by atoms with Crippen molar-refractivity contribution >= 4 is 39.5 Å². The highest BCUT2D eigenvalue weighted by atomic mass is 79.9. The molecule has 2 aromatic heterocycles. The van der Waals surface area contributed by atoms with E-state index >= 15 is 0 Å². The molecule has 1 saturated heterocycles. The molecule has 3 aliphatic rings. The van der Waals surface area contributed by atoms with Crippen LogP contribution < -0.4 is 10.6 Å². The Labute approximate surface area is 266 Å². The van der Waals surface area contributed by atoms with Crippen LogP contribution in [0.25, 0.3) is 0 Å². The maximum absolute atomic E-state index is 13.8. The average Bonchev–Trinajstić information content (AvgIpc) is 3.19. The second kappa shape index (κ2) is 13.7. The number of amides is 3. The van der Waals surface area contributed by atoms with E-state index < -0.39 is 6.04 Å². The smallest absolute Gasteiger partial charge is 0.318 e.